The third kappa shape index (κ3) is 5.62. The maximum absolute atomic E-state index is 12.6. The van der Waals surface area contributed by atoms with Gasteiger partial charge in [-0.1, -0.05) is 17.7 Å². The van der Waals surface area contributed by atoms with Crippen LogP contribution in [0, 0.1) is 0 Å². The molecule has 6 nitrogen and oxygen atoms in total. The van der Waals surface area contributed by atoms with Crippen LogP contribution < -0.4 is 15.4 Å². The number of benzene rings is 1. The molecule has 0 aliphatic heterocycles. The third-order valence-corrected chi connectivity index (χ3v) is 6.26. The molecule has 2 N–H and O–H groups in total. The summed E-state index contributed by atoms with van der Waals surface area (Å²) in [5, 5.41) is 7.83. The van der Waals surface area contributed by atoms with Gasteiger partial charge in [-0.15, -0.1) is 11.3 Å². The van der Waals surface area contributed by atoms with E-state index in [-0.39, 0.29) is 17.9 Å². The van der Waals surface area contributed by atoms with Gasteiger partial charge in [-0.05, 0) is 67.0 Å². The topological polar surface area (TPSA) is 80.3 Å². The van der Waals surface area contributed by atoms with Crippen molar-refractivity contribution in [2.24, 2.45) is 0 Å². The molecule has 0 saturated heterocycles. The number of nitrogens with one attached hydrogen (secondary N) is 2. The van der Waals surface area contributed by atoms with Crippen LogP contribution in [0.1, 0.15) is 51.3 Å². The Bertz CT molecular complexity index is 1070. The Balaban J connectivity index is 1.38. The van der Waals surface area contributed by atoms with Crippen LogP contribution in [0.5, 0.6) is 5.88 Å². The number of carbonyl (C=O) groups is 2. The van der Waals surface area contributed by atoms with Crippen LogP contribution in [0.15, 0.2) is 54.0 Å². The molecule has 2 heterocycles. The van der Waals surface area contributed by atoms with Gasteiger partial charge in [0, 0.05) is 24.4 Å². The van der Waals surface area contributed by atoms with Crippen molar-refractivity contribution < 1.29 is 14.3 Å². The number of thiophene rings is 1. The van der Waals surface area contributed by atoms with Crippen LogP contribution in [0.25, 0.3) is 0 Å². The van der Waals surface area contributed by atoms with E-state index < -0.39 is 0 Å². The van der Waals surface area contributed by atoms with E-state index in [1.807, 2.05) is 17.5 Å². The molecule has 1 saturated carbocycles. The zero-order valence-electron chi connectivity index (χ0n) is 16.8. The van der Waals surface area contributed by atoms with Crippen molar-refractivity contribution in [1.82, 2.24) is 10.3 Å². The second-order valence-corrected chi connectivity index (χ2v) is 8.69. The predicted octanol–water partition coefficient (Wildman–Crippen LogP) is 5.30. The van der Waals surface area contributed by atoms with Crippen LogP contribution in [-0.2, 0) is 6.54 Å². The Morgan fingerprint density at radius 2 is 1.97 bits per heavy atom. The van der Waals surface area contributed by atoms with Gasteiger partial charge in [0.1, 0.15) is 6.10 Å². The number of carbonyl (C=O) groups excluding carboxylic acids is 2. The Morgan fingerprint density at radius 3 is 2.74 bits per heavy atom. The van der Waals surface area contributed by atoms with Crippen LogP contribution in [0.2, 0.25) is 5.02 Å². The van der Waals surface area contributed by atoms with Crippen LogP contribution in [-0.4, -0.2) is 22.9 Å². The predicted molar refractivity (Wildman–Crippen MR) is 122 cm³/mol. The summed E-state index contributed by atoms with van der Waals surface area (Å²) in [4.78, 5) is 29.8. The molecule has 31 heavy (non-hydrogen) atoms. The number of anilines is 1. The lowest BCUT2D eigenvalue weighted by molar-refractivity contribution is 0.0949. The van der Waals surface area contributed by atoms with E-state index >= 15 is 0 Å². The summed E-state index contributed by atoms with van der Waals surface area (Å²) in [6.45, 7) is 0.335. The maximum Gasteiger partial charge on any atom is 0.265 e. The van der Waals surface area contributed by atoms with Crippen molar-refractivity contribution in [3.63, 3.8) is 0 Å². The van der Waals surface area contributed by atoms with Gasteiger partial charge in [0.05, 0.1) is 15.6 Å². The summed E-state index contributed by atoms with van der Waals surface area (Å²) in [6, 6.07) is 12.0. The molecule has 160 valence electrons. The highest BCUT2D eigenvalue weighted by molar-refractivity contribution is 7.12. The zero-order valence-corrected chi connectivity index (χ0v) is 18.3. The van der Waals surface area contributed by atoms with Crippen molar-refractivity contribution in [2.75, 3.05) is 5.32 Å². The van der Waals surface area contributed by atoms with E-state index in [4.69, 9.17) is 16.3 Å². The number of ether oxygens (including phenoxy) is 1. The Hall–Kier alpha value is -2.90. The van der Waals surface area contributed by atoms with E-state index in [1.165, 1.54) is 24.2 Å². The second-order valence-electron chi connectivity index (χ2n) is 7.34. The van der Waals surface area contributed by atoms with Crippen LogP contribution in [0.3, 0.4) is 0 Å². The highest BCUT2D eigenvalue weighted by atomic mass is 35.5. The highest BCUT2D eigenvalue weighted by Crippen LogP contribution is 2.25. The Labute approximate surface area is 189 Å². The van der Waals surface area contributed by atoms with Gasteiger partial charge in [0.15, 0.2) is 0 Å². The minimum atomic E-state index is -0.265. The van der Waals surface area contributed by atoms with Gasteiger partial charge in [0.2, 0.25) is 5.88 Å². The average Bonchev–Trinajstić information content (AvgIpc) is 3.48. The fraction of sp³-hybridized carbons (Fsp3) is 0.261. The molecular formula is C23H22ClN3O3S. The first-order valence-electron chi connectivity index (χ1n) is 10.1. The van der Waals surface area contributed by atoms with E-state index in [0.717, 1.165) is 18.4 Å². The lowest BCUT2D eigenvalue weighted by atomic mass is 10.1. The van der Waals surface area contributed by atoms with Crippen LogP contribution >= 0.6 is 22.9 Å². The number of halogens is 1. The van der Waals surface area contributed by atoms with Crippen molar-refractivity contribution in [2.45, 2.75) is 38.3 Å². The van der Waals surface area contributed by atoms with E-state index in [1.54, 1.807) is 36.5 Å². The van der Waals surface area contributed by atoms with E-state index in [0.29, 0.717) is 33.6 Å². The summed E-state index contributed by atoms with van der Waals surface area (Å²) >= 11 is 7.54. The van der Waals surface area contributed by atoms with Crippen LogP contribution in [0.4, 0.5) is 5.69 Å². The Morgan fingerprint density at radius 1 is 1.13 bits per heavy atom. The molecular weight excluding hydrogens is 434 g/mol. The zero-order chi connectivity index (χ0) is 21.6. The van der Waals surface area contributed by atoms with E-state index in [9.17, 15) is 9.59 Å². The lowest BCUT2D eigenvalue weighted by Crippen LogP contribution is -2.23. The summed E-state index contributed by atoms with van der Waals surface area (Å²) in [7, 11) is 0. The lowest BCUT2D eigenvalue weighted by Gasteiger charge is -2.13. The molecule has 1 aliphatic rings. The van der Waals surface area contributed by atoms with Crippen molar-refractivity contribution >= 4 is 40.4 Å². The van der Waals surface area contributed by atoms with Gasteiger partial charge in [0.25, 0.3) is 11.8 Å². The minimum Gasteiger partial charge on any atom is -0.474 e. The molecule has 2 amide bonds. The molecule has 4 rings (SSSR count). The standard InChI is InChI=1S/C23H22ClN3O3S/c24-18-8-7-16(13-19(18)27-23(29)20-6-3-11-31-20)22(28)26-14-15-9-10-25-21(12-15)30-17-4-1-2-5-17/h3,6-13,17H,1-2,4-5,14H2,(H,26,28)(H,27,29). The molecule has 1 fully saturated rings. The van der Waals surface area contributed by atoms with Gasteiger partial charge < -0.3 is 15.4 Å². The number of pyridine rings is 1. The normalized spacial score (nSPS) is 13.7. The minimum absolute atomic E-state index is 0.231. The fourth-order valence-electron chi connectivity index (χ4n) is 3.44. The highest BCUT2D eigenvalue weighted by Gasteiger charge is 2.17. The molecule has 0 atom stereocenters. The first kappa shape index (κ1) is 21.3. The Kier molecular flexibility index (Phi) is 6.84. The van der Waals surface area contributed by atoms with Gasteiger partial charge >= 0.3 is 0 Å². The molecule has 0 spiro atoms. The largest absolute Gasteiger partial charge is 0.474 e. The molecule has 0 radical (unpaired) electrons. The quantitative estimate of drug-likeness (QED) is 0.506. The molecule has 0 bridgehead atoms. The smallest absolute Gasteiger partial charge is 0.265 e. The maximum atomic E-state index is 12.6. The van der Waals surface area contributed by atoms with Gasteiger partial charge in [-0.2, -0.15) is 0 Å². The molecule has 8 heteroatoms. The number of nitrogens with zero attached hydrogens (tertiary/aromatic N) is 1. The molecule has 3 aromatic rings. The molecule has 1 aromatic carbocycles. The van der Waals surface area contributed by atoms with Crippen molar-refractivity contribution in [1.29, 1.82) is 0 Å². The average molecular weight is 456 g/mol. The first-order chi connectivity index (χ1) is 15.1. The monoisotopic (exact) mass is 455 g/mol. The second kappa shape index (κ2) is 9.94. The number of rotatable bonds is 7. The fourth-order valence-corrected chi connectivity index (χ4v) is 4.22. The number of aromatic nitrogens is 1. The number of amides is 2. The molecule has 0 unspecified atom stereocenters. The molecule has 2 aromatic heterocycles. The summed E-state index contributed by atoms with van der Waals surface area (Å²) in [5.74, 6) is 0.0584. The summed E-state index contributed by atoms with van der Waals surface area (Å²) in [6.07, 6.45) is 6.42. The van der Waals surface area contributed by atoms with Gasteiger partial charge in [-0.3, -0.25) is 9.59 Å². The van der Waals surface area contributed by atoms with Crippen molar-refractivity contribution in [3.05, 3.63) is 75.1 Å². The van der Waals surface area contributed by atoms with Gasteiger partial charge in [-0.25, -0.2) is 4.98 Å². The van der Waals surface area contributed by atoms with E-state index in [2.05, 4.69) is 15.6 Å². The third-order valence-electron chi connectivity index (χ3n) is 5.06. The first-order valence-corrected chi connectivity index (χ1v) is 11.4. The molecule has 1 aliphatic carbocycles. The SMILES string of the molecule is O=C(NCc1ccnc(OC2CCCC2)c1)c1ccc(Cl)c(NC(=O)c2cccs2)c1. The summed E-state index contributed by atoms with van der Waals surface area (Å²) < 4.78 is 5.93. The summed E-state index contributed by atoms with van der Waals surface area (Å²) in [5.41, 5.74) is 1.70. The van der Waals surface area contributed by atoms with Crippen molar-refractivity contribution in [3.8, 4) is 5.88 Å². The number of hydrogen-bond acceptors (Lipinski definition) is 5. The number of hydrogen-bond donors (Lipinski definition) is 2.